The largest absolute Gasteiger partial charge is 0.497 e. The number of carbonyl (C=O) groups is 1. The first-order chi connectivity index (χ1) is 9.86. The molecule has 0 spiro atoms. The van der Waals surface area contributed by atoms with Gasteiger partial charge in [0.25, 0.3) is 0 Å². The number of rotatable bonds is 4. The molecule has 21 heavy (non-hydrogen) atoms. The molecule has 1 heterocycles. The Morgan fingerprint density at radius 1 is 1.33 bits per heavy atom. The number of aliphatic carboxylic acids is 1. The second kappa shape index (κ2) is 6.03. The molecule has 1 fully saturated rings. The van der Waals surface area contributed by atoms with Gasteiger partial charge in [0.15, 0.2) is 0 Å². The zero-order valence-corrected chi connectivity index (χ0v) is 12.9. The molecule has 0 atom stereocenters. The second-order valence-corrected chi connectivity index (χ2v) is 7.05. The van der Waals surface area contributed by atoms with Crippen LogP contribution in [0.1, 0.15) is 18.4 Å². The molecule has 0 radical (unpaired) electrons. The van der Waals surface area contributed by atoms with E-state index in [1.165, 1.54) is 17.5 Å². The number of hydrogen-bond acceptors (Lipinski definition) is 4. The van der Waals surface area contributed by atoms with E-state index in [4.69, 9.17) is 9.84 Å². The van der Waals surface area contributed by atoms with E-state index in [0.29, 0.717) is 24.2 Å². The van der Waals surface area contributed by atoms with E-state index >= 15 is 0 Å². The number of piperidine rings is 1. The molecule has 1 aliphatic heterocycles. The molecule has 0 unspecified atom stereocenters. The number of carboxylic acids is 1. The third-order valence-electron chi connectivity index (χ3n) is 3.80. The van der Waals surface area contributed by atoms with Gasteiger partial charge in [-0.2, -0.15) is 4.31 Å². The van der Waals surface area contributed by atoms with Crippen molar-refractivity contribution < 1.29 is 23.1 Å². The summed E-state index contributed by atoms with van der Waals surface area (Å²) in [5, 5.41) is 8.96. The number of ether oxygens (including phenoxy) is 1. The van der Waals surface area contributed by atoms with Crippen molar-refractivity contribution in [2.45, 2.75) is 24.7 Å². The smallest absolute Gasteiger partial charge is 0.306 e. The van der Waals surface area contributed by atoms with Gasteiger partial charge in [-0.3, -0.25) is 4.79 Å². The van der Waals surface area contributed by atoms with E-state index < -0.39 is 21.9 Å². The summed E-state index contributed by atoms with van der Waals surface area (Å²) in [7, 11) is -2.05. The summed E-state index contributed by atoms with van der Waals surface area (Å²) in [5.74, 6) is -0.697. The number of methoxy groups -OCH3 is 1. The minimum atomic E-state index is -3.58. The lowest BCUT2D eigenvalue weighted by molar-refractivity contribution is -0.142. The van der Waals surface area contributed by atoms with E-state index in [1.54, 1.807) is 19.1 Å². The first kappa shape index (κ1) is 15.8. The Hall–Kier alpha value is -1.60. The molecule has 2 rings (SSSR count). The van der Waals surface area contributed by atoms with Crippen LogP contribution >= 0.6 is 0 Å². The van der Waals surface area contributed by atoms with Gasteiger partial charge in [0.2, 0.25) is 10.0 Å². The summed E-state index contributed by atoms with van der Waals surface area (Å²) < 4.78 is 31.7. The molecule has 0 aliphatic carbocycles. The predicted octanol–water partition coefficient (Wildman–Crippen LogP) is 1.49. The van der Waals surface area contributed by atoms with E-state index in [-0.39, 0.29) is 18.0 Å². The molecule has 6 nitrogen and oxygen atoms in total. The Morgan fingerprint density at radius 3 is 2.43 bits per heavy atom. The Kier molecular flexibility index (Phi) is 4.53. The summed E-state index contributed by atoms with van der Waals surface area (Å²) in [5.41, 5.74) is 0.620. The van der Waals surface area contributed by atoms with Crippen molar-refractivity contribution in [3.8, 4) is 5.75 Å². The van der Waals surface area contributed by atoms with Crippen LogP contribution < -0.4 is 4.74 Å². The third-order valence-corrected chi connectivity index (χ3v) is 5.86. The van der Waals surface area contributed by atoms with Crippen LogP contribution in [0.3, 0.4) is 0 Å². The maximum Gasteiger partial charge on any atom is 0.306 e. The Bertz CT molecular complexity index is 633. The minimum Gasteiger partial charge on any atom is -0.497 e. The molecule has 1 aliphatic rings. The van der Waals surface area contributed by atoms with Crippen LogP contribution in [0.2, 0.25) is 0 Å². The monoisotopic (exact) mass is 313 g/mol. The van der Waals surface area contributed by atoms with Crippen molar-refractivity contribution >= 4 is 16.0 Å². The van der Waals surface area contributed by atoms with Gasteiger partial charge in [0.1, 0.15) is 5.75 Å². The van der Waals surface area contributed by atoms with Gasteiger partial charge in [-0.05, 0) is 43.5 Å². The van der Waals surface area contributed by atoms with Crippen LogP contribution in [0.25, 0.3) is 0 Å². The van der Waals surface area contributed by atoms with Gasteiger partial charge in [-0.1, -0.05) is 0 Å². The standard InChI is InChI=1S/C14H19NO5S/c1-10-9-12(20-2)3-4-13(10)21(18,19)15-7-5-11(6-8-15)14(16)17/h3-4,9,11H,5-8H2,1-2H3,(H,16,17). The maximum atomic E-state index is 12.6. The van der Waals surface area contributed by atoms with Gasteiger partial charge in [0.05, 0.1) is 17.9 Å². The second-order valence-electron chi connectivity index (χ2n) is 5.15. The molecule has 1 aromatic rings. The zero-order chi connectivity index (χ0) is 15.6. The molecule has 7 heteroatoms. The summed E-state index contributed by atoms with van der Waals surface area (Å²) in [4.78, 5) is 11.2. The fourth-order valence-corrected chi connectivity index (χ4v) is 4.20. The van der Waals surface area contributed by atoms with Crippen molar-refractivity contribution in [2.24, 2.45) is 5.92 Å². The molecule has 0 aromatic heterocycles. The highest BCUT2D eigenvalue weighted by Gasteiger charge is 2.32. The van der Waals surface area contributed by atoms with Gasteiger partial charge in [-0.15, -0.1) is 0 Å². The highest BCUT2D eigenvalue weighted by molar-refractivity contribution is 7.89. The lowest BCUT2D eigenvalue weighted by Crippen LogP contribution is -2.40. The number of benzene rings is 1. The molecule has 1 aromatic carbocycles. The average Bonchev–Trinajstić information content (AvgIpc) is 2.46. The minimum absolute atomic E-state index is 0.241. The summed E-state index contributed by atoms with van der Waals surface area (Å²) in [6.07, 6.45) is 0.702. The van der Waals surface area contributed by atoms with Crippen molar-refractivity contribution in [3.63, 3.8) is 0 Å². The quantitative estimate of drug-likeness (QED) is 0.910. The highest BCUT2D eigenvalue weighted by atomic mass is 32.2. The Morgan fingerprint density at radius 2 is 1.95 bits per heavy atom. The molecule has 0 saturated carbocycles. The Labute approximate surface area is 124 Å². The lowest BCUT2D eigenvalue weighted by Gasteiger charge is -2.29. The fourth-order valence-electron chi connectivity index (χ4n) is 2.52. The van der Waals surface area contributed by atoms with Crippen LogP contribution in [0.15, 0.2) is 23.1 Å². The highest BCUT2D eigenvalue weighted by Crippen LogP contribution is 2.27. The molecule has 1 saturated heterocycles. The van der Waals surface area contributed by atoms with Crippen LogP contribution in [0.4, 0.5) is 0 Å². The number of sulfonamides is 1. The molecule has 1 N–H and O–H groups in total. The van der Waals surface area contributed by atoms with Crippen molar-refractivity contribution in [2.75, 3.05) is 20.2 Å². The first-order valence-corrected chi connectivity index (χ1v) is 8.18. The van der Waals surface area contributed by atoms with E-state index in [1.807, 2.05) is 0 Å². The summed E-state index contributed by atoms with van der Waals surface area (Å²) in [6, 6.07) is 4.83. The lowest BCUT2D eigenvalue weighted by atomic mass is 9.99. The SMILES string of the molecule is COc1ccc(S(=O)(=O)N2CCC(C(=O)O)CC2)c(C)c1. The van der Waals surface area contributed by atoms with Crippen LogP contribution in [-0.2, 0) is 14.8 Å². The van der Waals surface area contributed by atoms with E-state index in [2.05, 4.69) is 0 Å². The fraction of sp³-hybridized carbons (Fsp3) is 0.500. The van der Waals surface area contributed by atoms with Crippen molar-refractivity contribution in [1.82, 2.24) is 4.31 Å². The van der Waals surface area contributed by atoms with Gasteiger partial charge < -0.3 is 9.84 Å². The molecular weight excluding hydrogens is 294 g/mol. The predicted molar refractivity (Wildman–Crippen MR) is 76.8 cm³/mol. The molecule has 0 amide bonds. The van der Waals surface area contributed by atoms with Gasteiger partial charge >= 0.3 is 5.97 Å². The number of nitrogens with zero attached hydrogens (tertiary/aromatic N) is 1. The first-order valence-electron chi connectivity index (χ1n) is 6.74. The zero-order valence-electron chi connectivity index (χ0n) is 12.1. The molecular formula is C14H19NO5S. The number of hydrogen-bond donors (Lipinski definition) is 1. The number of aryl methyl sites for hydroxylation is 1. The van der Waals surface area contributed by atoms with Gasteiger partial charge in [-0.25, -0.2) is 8.42 Å². The average molecular weight is 313 g/mol. The summed E-state index contributed by atoms with van der Waals surface area (Å²) >= 11 is 0. The van der Waals surface area contributed by atoms with Crippen molar-refractivity contribution in [3.05, 3.63) is 23.8 Å². The van der Waals surface area contributed by atoms with Gasteiger partial charge in [0, 0.05) is 13.1 Å². The summed E-state index contributed by atoms with van der Waals surface area (Å²) in [6.45, 7) is 2.20. The molecule has 116 valence electrons. The van der Waals surface area contributed by atoms with Crippen LogP contribution in [0, 0.1) is 12.8 Å². The molecule has 0 bridgehead atoms. The normalized spacial score (nSPS) is 17.6. The number of carboxylic acid groups (broad SMARTS) is 1. The maximum absolute atomic E-state index is 12.6. The Balaban J connectivity index is 2.21. The van der Waals surface area contributed by atoms with E-state index in [0.717, 1.165) is 0 Å². The topological polar surface area (TPSA) is 83.9 Å². The van der Waals surface area contributed by atoms with Crippen LogP contribution in [-0.4, -0.2) is 44.0 Å². The van der Waals surface area contributed by atoms with Crippen molar-refractivity contribution in [1.29, 1.82) is 0 Å². The third kappa shape index (κ3) is 3.19. The van der Waals surface area contributed by atoms with E-state index in [9.17, 15) is 13.2 Å². The van der Waals surface area contributed by atoms with Crippen LogP contribution in [0.5, 0.6) is 5.75 Å².